The maximum atomic E-state index is 2.71. The summed E-state index contributed by atoms with van der Waals surface area (Å²) < 4.78 is 0. The van der Waals surface area contributed by atoms with E-state index in [2.05, 4.69) is 77.7 Å². The minimum Gasteiger partial charge on any atom is -0.296 e. The molecule has 0 amide bonds. The van der Waals surface area contributed by atoms with E-state index in [4.69, 9.17) is 0 Å². The molecule has 1 aliphatic rings. The van der Waals surface area contributed by atoms with Gasteiger partial charge in [-0.25, -0.2) is 0 Å². The van der Waals surface area contributed by atoms with Crippen molar-refractivity contribution < 1.29 is 0 Å². The van der Waals surface area contributed by atoms with Crippen LogP contribution >= 0.6 is 17.0 Å². The fourth-order valence-corrected chi connectivity index (χ4v) is 4.03. The molecular formula is C23H26BrN. The number of hydrogen-bond acceptors (Lipinski definition) is 1. The van der Waals surface area contributed by atoms with E-state index in [0.717, 1.165) is 6.54 Å². The van der Waals surface area contributed by atoms with Gasteiger partial charge in [-0.2, -0.15) is 0 Å². The van der Waals surface area contributed by atoms with E-state index in [1.54, 1.807) is 0 Å². The lowest BCUT2D eigenvalue weighted by Gasteiger charge is -2.36. The minimum absolute atomic E-state index is 0. The summed E-state index contributed by atoms with van der Waals surface area (Å²) >= 11 is 0. The molecule has 1 fully saturated rings. The van der Waals surface area contributed by atoms with Crippen molar-refractivity contribution in [1.29, 1.82) is 0 Å². The third kappa shape index (κ3) is 4.31. The zero-order valence-electron chi connectivity index (χ0n) is 14.6. The van der Waals surface area contributed by atoms with Crippen molar-refractivity contribution in [3.8, 4) is 0 Å². The Hall–Kier alpha value is -1.64. The molecule has 0 spiro atoms. The van der Waals surface area contributed by atoms with Crippen LogP contribution in [0.2, 0.25) is 0 Å². The minimum atomic E-state index is 0. The van der Waals surface area contributed by atoms with E-state index in [-0.39, 0.29) is 17.0 Å². The van der Waals surface area contributed by atoms with Crippen LogP contribution in [0.25, 0.3) is 10.8 Å². The van der Waals surface area contributed by atoms with E-state index in [1.807, 2.05) is 0 Å². The second-order valence-corrected chi connectivity index (χ2v) is 6.95. The summed E-state index contributed by atoms with van der Waals surface area (Å²) in [6, 6.07) is 27.1. The number of likely N-dealkylation sites (tertiary alicyclic amines) is 1. The highest BCUT2D eigenvalue weighted by Gasteiger charge is 2.23. The molecule has 0 N–H and O–H groups in total. The Morgan fingerprint density at radius 1 is 0.800 bits per heavy atom. The van der Waals surface area contributed by atoms with Crippen LogP contribution in [0.15, 0.2) is 72.8 Å². The lowest BCUT2D eigenvalue weighted by molar-refractivity contribution is 0.140. The van der Waals surface area contributed by atoms with Gasteiger partial charge in [0, 0.05) is 12.6 Å². The molecular weight excluding hydrogens is 370 g/mol. The third-order valence-electron chi connectivity index (χ3n) is 5.32. The van der Waals surface area contributed by atoms with Crippen molar-refractivity contribution in [2.24, 2.45) is 0 Å². The van der Waals surface area contributed by atoms with E-state index in [1.165, 1.54) is 54.1 Å². The van der Waals surface area contributed by atoms with Gasteiger partial charge in [-0.3, -0.25) is 4.90 Å². The first-order valence-electron chi connectivity index (χ1n) is 9.15. The number of benzene rings is 3. The molecule has 1 atom stereocenters. The predicted molar refractivity (Wildman–Crippen MR) is 112 cm³/mol. The molecule has 3 aromatic rings. The molecule has 4 rings (SSSR count). The summed E-state index contributed by atoms with van der Waals surface area (Å²) in [7, 11) is 0. The van der Waals surface area contributed by atoms with Gasteiger partial charge in [0.15, 0.2) is 0 Å². The van der Waals surface area contributed by atoms with Crippen LogP contribution in [0.3, 0.4) is 0 Å². The van der Waals surface area contributed by atoms with Crippen molar-refractivity contribution in [2.75, 3.05) is 6.54 Å². The fourth-order valence-electron chi connectivity index (χ4n) is 4.03. The first-order chi connectivity index (χ1) is 11.9. The molecule has 0 aromatic heterocycles. The lowest BCUT2D eigenvalue weighted by atomic mass is 9.94. The highest BCUT2D eigenvalue weighted by molar-refractivity contribution is 8.93. The van der Waals surface area contributed by atoms with Crippen molar-refractivity contribution in [2.45, 2.75) is 38.3 Å². The molecule has 0 saturated carbocycles. The van der Waals surface area contributed by atoms with Crippen molar-refractivity contribution in [1.82, 2.24) is 4.90 Å². The molecule has 0 bridgehead atoms. The normalized spacial score (nSPS) is 18.0. The maximum absolute atomic E-state index is 2.71. The van der Waals surface area contributed by atoms with Gasteiger partial charge in [0.1, 0.15) is 0 Å². The van der Waals surface area contributed by atoms with Crippen LogP contribution in [0.4, 0.5) is 0 Å². The molecule has 1 unspecified atom stereocenters. The van der Waals surface area contributed by atoms with Crippen LogP contribution in [0.5, 0.6) is 0 Å². The molecule has 1 saturated heterocycles. The van der Waals surface area contributed by atoms with Gasteiger partial charge in [0.2, 0.25) is 0 Å². The number of hydrogen-bond donors (Lipinski definition) is 0. The second-order valence-electron chi connectivity index (χ2n) is 6.95. The zero-order valence-corrected chi connectivity index (χ0v) is 16.3. The predicted octanol–water partition coefficient (Wildman–Crippen LogP) is 6.01. The highest BCUT2D eigenvalue weighted by atomic mass is 79.9. The van der Waals surface area contributed by atoms with Crippen molar-refractivity contribution in [3.63, 3.8) is 0 Å². The fraction of sp³-hybridized carbons (Fsp3) is 0.304. The van der Waals surface area contributed by atoms with Gasteiger partial charge in [0.05, 0.1) is 0 Å². The van der Waals surface area contributed by atoms with E-state index in [0.29, 0.717) is 6.04 Å². The quantitative estimate of drug-likeness (QED) is 0.522. The van der Waals surface area contributed by atoms with Gasteiger partial charge in [-0.15, -0.1) is 17.0 Å². The standard InChI is InChI=1S/C23H25N.BrH/c1-2-9-19(10-3-1)17-22-14-6-7-16-24(22)18-21-13-8-12-20-11-4-5-15-23(20)21;/h1-5,8-13,15,22H,6-7,14,16-18H2;1H. The maximum Gasteiger partial charge on any atom is 0.0242 e. The summed E-state index contributed by atoms with van der Waals surface area (Å²) in [5.41, 5.74) is 2.93. The van der Waals surface area contributed by atoms with Crippen LogP contribution in [0.1, 0.15) is 30.4 Å². The van der Waals surface area contributed by atoms with Crippen LogP contribution in [0, 0.1) is 0 Å². The largest absolute Gasteiger partial charge is 0.296 e. The van der Waals surface area contributed by atoms with Gasteiger partial charge in [-0.1, -0.05) is 79.2 Å². The number of halogens is 1. The molecule has 0 radical (unpaired) electrons. The Balaban J connectivity index is 0.00000182. The third-order valence-corrected chi connectivity index (χ3v) is 5.32. The van der Waals surface area contributed by atoms with Crippen LogP contribution in [-0.2, 0) is 13.0 Å². The summed E-state index contributed by atoms with van der Waals surface area (Å²) in [6.45, 7) is 2.29. The van der Waals surface area contributed by atoms with Crippen molar-refractivity contribution >= 4 is 27.8 Å². The Morgan fingerprint density at radius 3 is 2.44 bits per heavy atom. The van der Waals surface area contributed by atoms with E-state index < -0.39 is 0 Å². The zero-order chi connectivity index (χ0) is 16.2. The molecule has 25 heavy (non-hydrogen) atoms. The lowest BCUT2D eigenvalue weighted by Crippen LogP contribution is -2.40. The summed E-state index contributed by atoms with van der Waals surface area (Å²) in [4.78, 5) is 2.71. The molecule has 130 valence electrons. The number of nitrogens with zero attached hydrogens (tertiary/aromatic N) is 1. The SMILES string of the molecule is Br.c1ccc(CC2CCCCN2Cc2cccc3ccccc23)cc1. The first kappa shape index (κ1) is 18.2. The summed E-state index contributed by atoms with van der Waals surface area (Å²) in [5, 5.41) is 2.76. The Bertz CT molecular complexity index is 794. The highest BCUT2D eigenvalue weighted by Crippen LogP contribution is 2.26. The van der Waals surface area contributed by atoms with E-state index in [9.17, 15) is 0 Å². The molecule has 2 heteroatoms. The molecule has 1 aliphatic heterocycles. The first-order valence-corrected chi connectivity index (χ1v) is 9.15. The van der Waals surface area contributed by atoms with Gasteiger partial charge in [-0.05, 0) is 47.7 Å². The molecule has 1 heterocycles. The van der Waals surface area contributed by atoms with Gasteiger partial charge >= 0.3 is 0 Å². The van der Waals surface area contributed by atoms with E-state index >= 15 is 0 Å². The smallest absolute Gasteiger partial charge is 0.0242 e. The van der Waals surface area contributed by atoms with Crippen molar-refractivity contribution in [3.05, 3.63) is 83.9 Å². The number of piperidine rings is 1. The number of rotatable bonds is 4. The van der Waals surface area contributed by atoms with Gasteiger partial charge in [0.25, 0.3) is 0 Å². The Labute approximate surface area is 161 Å². The summed E-state index contributed by atoms with van der Waals surface area (Å²) in [5.74, 6) is 0. The second kappa shape index (κ2) is 8.64. The van der Waals surface area contributed by atoms with Gasteiger partial charge < -0.3 is 0 Å². The average Bonchev–Trinajstić information content (AvgIpc) is 2.64. The topological polar surface area (TPSA) is 3.24 Å². The van der Waals surface area contributed by atoms with Crippen LogP contribution in [-0.4, -0.2) is 17.5 Å². The molecule has 3 aromatic carbocycles. The van der Waals surface area contributed by atoms with Crippen LogP contribution < -0.4 is 0 Å². The Kier molecular flexibility index (Phi) is 6.28. The Morgan fingerprint density at radius 2 is 1.56 bits per heavy atom. The molecule has 1 nitrogen and oxygen atoms in total. The molecule has 0 aliphatic carbocycles. The summed E-state index contributed by atoms with van der Waals surface area (Å²) in [6.07, 6.45) is 5.19. The monoisotopic (exact) mass is 395 g/mol. The average molecular weight is 396 g/mol. The number of fused-ring (bicyclic) bond motifs is 1.